The highest BCUT2D eigenvalue weighted by atomic mass is 35.5. The molecule has 5 rings (SSSR count). The van der Waals surface area contributed by atoms with Crippen LogP contribution in [-0.2, 0) is 34.3 Å². The summed E-state index contributed by atoms with van der Waals surface area (Å²) in [5, 5.41) is 3.69. The third-order valence-corrected chi connectivity index (χ3v) is 9.28. The molecule has 0 saturated carbocycles. The Morgan fingerprint density at radius 1 is 1.02 bits per heavy atom. The molecule has 1 aliphatic rings. The molecular formula is C29H26ClN3O5S2. The van der Waals surface area contributed by atoms with Crippen molar-refractivity contribution in [3.8, 4) is 0 Å². The van der Waals surface area contributed by atoms with Gasteiger partial charge in [0.15, 0.2) is 0 Å². The SMILES string of the molecule is COC(=O)c1c(NC(=O)c2cccc(NS(=O)(=O)c3ccc(Cl)cc3)c2)sc2c1CCN(Cc1ccccc1)C2. The first-order valence-corrected chi connectivity index (χ1v) is 15.1. The molecule has 2 N–H and O–H groups in total. The number of anilines is 2. The first-order valence-electron chi connectivity index (χ1n) is 12.4. The summed E-state index contributed by atoms with van der Waals surface area (Å²) in [6, 6.07) is 22.1. The summed E-state index contributed by atoms with van der Waals surface area (Å²) in [6.07, 6.45) is 0.654. The van der Waals surface area contributed by atoms with Gasteiger partial charge in [-0.25, -0.2) is 13.2 Å². The Balaban J connectivity index is 1.35. The van der Waals surface area contributed by atoms with Crippen LogP contribution in [0.5, 0.6) is 0 Å². The van der Waals surface area contributed by atoms with E-state index in [0.29, 0.717) is 28.6 Å². The molecule has 8 nitrogen and oxygen atoms in total. The Labute approximate surface area is 241 Å². The number of carbonyl (C=O) groups is 2. The van der Waals surface area contributed by atoms with E-state index in [0.717, 1.165) is 23.5 Å². The van der Waals surface area contributed by atoms with Crippen molar-refractivity contribution in [2.24, 2.45) is 0 Å². The van der Waals surface area contributed by atoms with Gasteiger partial charge in [0.05, 0.1) is 17.6 Å². The Morgan fingerprint density at radius 2 is 1.77 bits per heavy atom. The highest BCUT2D eigenvalue weighted by molar-refractivity contribution is 7.92. The van der Waals surface area contributed by atoms with Crippen LogP contribution in [0.4, 0.5) is 10.7 Å². The summed E-state index contributed by atoms with van der Waals surface area (Å²) in [5.74, 6) is -0.980. The van der Waals surface area contributed by atoms with Crippen molar-refractivity contribution in [1.29, 1.82) is 0 Å². The second-order valence-corrected chi connectivity index (χ2v) is 12.5. The van der Waals surface area contributed by atoms with Gasteiger partial charge in [-0.15, -0.1) is 11.3 Å². The van der Waals surface area contributed by atoms with E-state index in [2.05, 4.69) is 27.1 Å². The van der Waals surface area contributed by atoms with E-state index < -0.39 is 21.9 Å². The summed E-state index contributed by atoms with van der Waals surface area (Å²) >= 11 is 7.23. The number of hydrogen-bond donors (Lipinski definition) is 2. The van der Waals surface area contributed by atoms with Gasteiger partial charge in [0.1, 0.15) is 5.00 Å². The topological polar surface area (TPSA) is 105 Å². The second kappa shape index (κ2) is 11.8. The number of ether oxygens (including phenoxy) is 1. The average Bonchev–Trinajstić information content (AvgIpc) is 3.30. The smallest absolute Gasteiger partial charge is 0.341 e. The molecular weight excluding hydrogens is 570 g/mol. The molecule has 1 amide bonds. The minimum Gasteiger partial charge on any atom is -0.465 e. The van der Waals surface area contributed by atoms with Gasteiger partial charge in [0.2, 0.25) is 0 Å². The molecule has 0 aliphatic carbocycles. The highest BCUT2D eigenvalue weighted by Crippen LogP contribution is 2.38. The molecule has 11 heteroatoms. The van der Waals surface area contributed by atoms with Gasteiger partial charge in [-0.3, -0.25) is 14.4 Å². The Bertz CT molecular complexity index is 1650. The quantitative estimate of drug-likeness (QED) is 0.250. The van der Waals surface area contributed by atoms with Crippen molar-refractivity contribution >= 4 is 55.5 Å². The van der Waals surface area contributed by atoms with Crippen LogP contribution in [0.3, 0.4) is 0 Å². The summed E-state index contributed by atoms with van der Waals surface area (Å²) in [7, 11) is -2.57. The zero-order chi connectivity index (χ0) is 28.3. The number of rotatable bonds is 8. The number of nitrogens with one attached hydrogen (secondary N) is 2. The minimum absolute atomic E-state index is 0.0416. The molecule has 0 unspecified atom stereocenters. The maximum atomic E-state index is 13.3. The molecule has 40 heavy (non-hydrogen) atoms. The van der Waals surface area contributed by atoms with Crippen molar-refractivity contribution in [1.82, 2.24) is 4.90 Å². The first-order chi connectivity index (χ1) is 19.2. The summed E-state index contributed by atoms with van der Waals surface area (Å²) < 4.78 is 33.1. The lowest BCUT2D eigenvalue weighted by atomic mass is 10.0. The molecule has 1 aromatic heterocycles. The van der Waals surface area contributed by atoms with Gasteiger partial charge < -0.3 is 10.1 Å². The van der Waals surface area contributed by atoms with Crippen LogP contribution in [0.1, 0.15) is 36.7 Å². The van der Waals surface area contributed by atoms with Crippen molar-refractivity contribution in [3.63, 3.8) is 0 Å². The summed E-state index contributed by atoms with van der Waals surface area (Å²) in [6.45, 7) is 2.20. The second-order valence-electron chi connectivity index (χ2n) is 9.24. The number of nitrogens with zero attached hydrogens (tertiary/aromatic N) is 1. The van der Waals surface area contributed by atoms with Crippen LogP contribution >= 0.6 is 22.9 Å². The van der Waals surface area contributed by atoms with Gasteiger partial charge in [-0.2, -0.15) is 0 Å². The van der Waals surface area contributed by atoms with E-state index in [1.54, 1.807) is 18.2 Å². The van der Waals surface area contributed by atoms with E-state index in [4.69, 9.17) is 16.3 Å². The molecule has 0 saturated heterocycles. The van der Waals surface area contributed by atoms with E-state index in [9.17, 15) is 18.0 Å². The third kappa shape index (κ3) is 6.20. The lowest BCUT2D eigenvalue weighted by Gasteiger charge is -2.27. The third-order valence-electron chi connectivity index (χ3n) is 6.50. The van der Waals surface area contributed by atoms with E-state index in [1.165, 1.54) is 54.3 Å². The molecule has 3 aromatic carbocycles. The van der Waals surface area contributed by atoms with Crippen molar-refractivity contribution in [2.75, 3.05) is 23.7 Å². The number of fused-ring (bicyclic) bond motifs is 1. The van der Waals surface area contributed by atoms with E-state index in [1.807, 2.05) is 18.2 Å². The van der Waals surface area contributed by atoms with E-state index in [-0.39, 0.29) is 16.1 Å². The molecule has 0 atom stereocenters. The molecule has 1 aliphatic heterocycles. The number of thiophene rings is 1. The van der Waals surface area contributed by atoms with Crippen LogP contribution in [0.2, 0.25) is 5.02 Å². The number of benzene rings is 3. The fraction of sp³-hybridized carbons (Fsp3) is 0.172. The normalized spacial score (nSPS) is 13.3. The number of hydrogen-bond acceptors (Lipinski definition) is 7. The Hall–Kier alpha value is -3.70. The van der Waals surface area contributed by atoms with Crippen molar-refractivity contribution in [2.45, 2.75) is 24.4 Å². The zero-order valence-corrected chi connectivity index (χ0v) is 23.9. The zero-order valence-electron chi connectivity index (χ0n) is 21.5. The standard InChI is InChI=1S/C29H26ClN3O5S2/c1-38-29(35)26-24-14-15-33(17-19-6-3-2-4-7-19)18-25(24)39-28(26)31-27(34)20-8-5-9-22(16-20)32-40(36,37)23-12-10-21(30)11-13-23/h2-13,16,32H,14-15,17-18H2,1H3,(H,31,34). The Kier molecular flexibility index (Phi) is 8.22. The molecule has 0 spiro atoms. The number of halogens is 1. The predicted octanol–water partition coefficient (Wildman–Crippen LogP) is 5.80. The number of amides is 1. The van der Waals surface area contributed by atoms with Gasteiger partial charge in [0.25, 0.3) is 15.9 Å². The lowest BCUT2D eigenvalue weighted by molar-refractivity contribution is 0.0600. The lowest BCUT2D eigenvalue weighted by Crippen LogP contribution is -2.29. The highest BCUT2D eigenvalue weighted by Gasteiger charge is 2.29. The largest absolute Gasteiger partial charge is 0.465 e. The fourth-order valence-electron chi connectivity index (χ4n) is 4.57. The van der Waals surface area contributed by atoms with Crippen LogP contribution < -0.4 is 10.0 Å². The van der Waals surface area contributed by atoms with Crippen LogP contribution in [0.15, 0.2) is 83.8 Å². The van der Waals surface area contributed by atoms with Gasteiger partial charge in [-0.05, 0) is 60.0 Å². The fourth-order valence-corrected chi connectivity index (χ4v) is 7.01. The molecule has 0 fully saturated rings. The monoisotopic (exact) mass is 595 g/mol. The van der Waals surface area contributed by atoms with E-state index >= 15 is 0 Å². The van der Waals surface area contributed by atoms with Crippen LogP contribution in [0, 0.1) is 0 Å². The van der Waals surface area contributed by atoms with Crippen molar-refractivity contribution < 1.29 is 22.7 Å². The van der Waals surface area contributed by atoms with Gasteiger partial charge in [0, 0.05) is 40.8 Å². The van der Waals surface area contributed by atoms with Gasteiger partial charge >= 0.3 is 5.97 Å². The van der Waals surface area contributed by atoms with Crippen LogP contribution in [-0.4, -0.2) is 38.8 Å². The minimum atomic E-state index is -3.89. The molecule has 206 valence electrons. The van der Waals surface area contributed by atoms with Gasteiger partial charge in [-0.1, -0.05) is 48.0 Å². The molecule has 4 aromatic rings. The number of esters is 1. The molecule has 0 bridgehead atoms. The number of sulfonamides is 1. The van der Waals surface area contributed by atoms with Crippen LogP contribution in [0.25, 0.3) is 0 Å². The number of methoxy groups -OCH3 is 1. The maximum Gasteiger partial charge on any atom is 0.341 e. The van der Waals surface area contributed by atoms with Crippen molar-refractivity contribution in [3.05, 3.63) is 111 Å². The first kappa shape index (κ1) is 27.9. The molecule has 0 radical (unpaired) electrons. The summed E-state index contributed by atoms with van der Waals surface area (Å²) in [5.41, 5.74) is 2.91. The molecule has 2 heterocycles. The predicted molar refractivity (Wildman–Crippen MR) is 157 cm³/mol. The maximum absolute atomic E-state index is 13.3. The Morgan fingerprint density at radius 3 is 2.50 bits per heavy atom. The average molecular weight is 596 g/mol. The summed E-state index contributed by atoms with van der Waals surface area (Å²) in [4.78, 5) is 29.4. The number of carbonyl (C=O) groups excluding carboxylic acids is 2.